The van der Waals surface area contributed by atoms with Gasteiger partial charge in [-0.05, 0) is 5.56 Å². The van der Waals surface area contributed by atoms with Crippen molar-refractivity contribution in [2.75, 3.05) is 6.61 Å². The van der Waals surface area contributed by atoms with E-state index >= 15 is 0 Å². The van der Waals surface area contributed by atoms with Crippen LogP contribution in [0.15, 0.2) is 30.2 Å². The standard InChI is InChI=1S/C14H17NO6/c15-6-9(8-4-2-1-3-5-8)20-14-13(19)12(18)11(17)10(7-16)21-14/h1-5,9-14,16-19H,7H2/t9?,10-,11-,12+,13+,14-/m1/s1/i1D,2D,3D,4D,5D. The molecule has 4 N–H and O–H groups in total. The number of nitrogens with zero attached hydrogens (tertiary/aromatic N) is 1. The highest BCUT2D eigenvalue weighted by Crippen LogP contribution is 2.27. The van der Waals surface area contributed by atoms with Gasteiger partial charge in [-0.2, -0.15) is 5.26 Å². The van der Waals surface area contributed by atoms with Crippen molar-refractivity contribution >= 4 is 0 Å². The molecule has 0 bridgehead atoms. The van der Waals surface area contributed by atoms with Gasteiger partial charge in [-0.3, -0.25) is 0 Å². The second-order valence-corrected chi connectivity index (χ2v) is 4.38. The molecular weight excluding hydrogens is 278 g/mol. The molecule has 1 fully saturated rings. The Morgan fingerprint density at radius 1 is 1.24 bits per heavy atom. The van der Waals surface area contributed by atoms with Crippen LogP contribution >= 0.6 is 0 Å². The van der Waals surface area contributed by atoms with E-state index in [2.05, 4.69) is 0 Å². The fraction of sp³-hybridized carbons (Fsp3) is 0.500. The molecule has 0 aromatic heterocycles. The van der Waals surface area contributed by atoms with Gasteiger partial charge in [-0.1, -0.05) is 30.2 Å². The van der Waals surface area contributed by atoms with E-state index in [0.29, 0.717) is 0 Å². The minimum absolute atomic E-state index is 0.463. The van der Waals surface area contributed by atoms with Gasteiger partial charge in [-0.25, -0.2) is 0 Å². The molecule has 0 amide bonds. The molecule has 6 atom stereocenters. The maximum absolute atomic E-state index is 9.96. The molecule has 1 aliphatic heterocycles. The number of benzene rings is 1. The minimum Gasteiger partial charge on any atom is -0.394 e. The second kappa shape index (κ2) is 6.95. The number of hydrogen-bond donors (Lipinski definition) is 4. The van der Waals surface area contributed by atoms with Gasteiger partial charge in [0.15, 0.2) is 12.4 Å². The summed E-state index contributed by atoms with van der Waals surface area (Å²) in [5.41, 5.74) is -0.463. The Balaban J connectivity index is 2.38. The van der Waals surface area contributed by atoms with Crippen molar-refractivity contribution in [3.05, 3.63) is 35.8 Å². The first-order valence-electron chi connectivity index (χ1n) is 8.58. The van der Waals surface area contributed by atoms with Gasteiger partial charge in [-0.15, -0.1) is 0 Å². The van der Waals surface area contributed by atoms with E-state index in [1.165, 1.54) is 0 Å². The first kappa shape index (κ1) is 10.2. The molecule has 1 aliphatic rings. The van der Waals surface area contributed by atoms with E-state index in [1.54, 1.807) is 6.07 Å². The lowest BCUT2D eigenvalue weighted by atomic mass is 9.99. The van der Waals surface area contributed by atoms with E-state index in [4.69, 9.17) is 21.4 Å². The summed E-state index contributed by atoms with van der Waals surface area (Å²) in [6.07, 6.45) is -9.87. The van der Waals surface area contributed by atoms with Crippen molar-refractivity contribution in [1.82, 2.24) is 0 Å². The predicted molar refractivity (Wildman–Crippen MR) is 69.6 cm³/mol. The van der Waals surface area contributed by atoms with Crippen LogP contribution in [0.2, 0.25) is 0 Å². The Bertz CT molecular complexity index is 698. The van der Waals surface area contributed by atoms with Crippen molar-refractivity contribution in [3.8, 4) is 6.07 Å². The molecule has 1 unspecified atom stereocenters. The first-order chi connectivity index (χ1) is 12.1. The second-order valence-electron chi connectivity index (χ2n) is 4.38. The van der Waals surface area contributed by atoms with Crippen LogP contribution in [0.25, 0.3) is 0 Å². The molecule has 1 saturated heterocycles. The van der Waals surface area contributed by atoms with E-state index < -0.39 is 79.2 Å². The molecule has 0 saturated carbocycles. The number of hydrogen-bond acceptors (Lipinski definition) is 7. The fourth-order valence-electron chi connectivity index (χ4n) is 1.87. The zero-order chi connectivity index (χ0) is 19.8. The van der Waals surface area contributed by atoms with E-state index in [0.717, 1.165) is 0 Å². The molecule has 7 nitrogen and oxygen atoms in total. The van der Waals surface area contributed by atoms with Gasteiger partial charge in [0.2, 0.25) is 0 Å². The lowest BCUT2D eigenvalue weighted by molar-refractivity contribution is -0.307. The molecule has 21 heavy (non-hydrogen) atoms. The number of nitriles is 1. The van der Waals surface area contributed by atoms with E-state index in [9.17, 15) is 20.6 Å². The third kappa shape index (κ3) is 3.39. The van der Waals surface area contributed by atoms with Crippen LogP contribution in [0.4, 0.5) is 0 Å². The Morgan fingerprint density at radius 2 is 1.90 bits per heavy atom. The van der Waals surface area contributed by atoms with Crippen LogP contribution < -0.4 is 0 Å². The van der Waals surface area contributed by atoms with Crippen molar-refractivity contribution in [1.29, 1.82) is 5.26 Å². The van der Waals surface area contributed by atoms with Crippen LogP contribution in [-0.4, -0.2) is 57.7 Å². The lowest BCUT2D eigenvalue weighted by Crippen LogP contribution is -2.59. The SMILES string of the molecule is [2H]c1c([2H])c([2H])c(C(C#N)O[C@@H]2O[C@H](CO)[C@@H](O)[C@H](O)[C@@H]2O)c([2H])c1[2H]. The Hall–Kier alpha value is -1.53. The van der Waals surface area contributed by atoms with Crippen LogP contribution in [0.1, 0.15) is 18.5 Å². The minimum atomic E-state index is -1.80. The Labute approximate surface area is 128 Å². The van der Waals surface area contributed by atoms with Crippen LogP contribution in [0, 0.1) is 11.3 Å². The van der Waals surface area contributed by atoms with Crippen LogP contribution in [0.5, 0.6) is 0 Å². The van der Waals surface area contributed by atoms with E-state index in [-0.39, 0.29) is 0 Å². The zero-order valence-electron chi connectivity index (χ0n) is 15.7. The molecule has 114 valence electrons. The number of aliphatic hydroxyl groups excluding tert-OH is 4. The highest BCUT2D eigenvalue weighted by molar-refractivity contribution is 5.22. The topological polar surface area (TPSA) is 123 Å². The highest BCUT2D eigenvalue weighted by atomic mass is 16.7. The molecule has 1 heterocycles. The van der Waals surface area contributed by atoms with Gasteiger partial charge in [0.05, 0.1) is 19.5 Å². The summed E-state index contributed by atoms with van der Waals surface area (Å²) >= 11 is 0. The predicted octanol–water partition coefficient (Wildman–Crippen LogP) is -0.932. The zero-order valence-corrected chi connectivity index (χ0v) is 10.7. The van der Waals surface area contributed by atoms with Crippen LogP contribution in [-0.2, 0) is 9.47 Å². The number of rotatable bonds is 4. The average Bonchev–Trinajstić information content (AvgIpc) is 2.63. The van der Waals surface area contributed by atoms with Gasteiger partial charge in [0.1, 0.15) is 24.4 Å². The largest absolute Gasteiger partial charge is 0.394 e. The van der Waals surface area contributed by atoms with Crippen molar-refractivity contribution in [2.45, 2.75) is 36.8 Å². The average molecular weight is 300 g/mol. The molecule has 2 rings (SSSR count). The Kier molecular flexibility index (Phi) is 3.39. The number of ether oxygens (including phenoxy) is 2. The highest BCUT2D eigenvalue weighted by Gasteiger charge is 2.44. The van der Waals surface area contributed by atoms with Crippen molar-refractivity contribution in [2.24, 2.45) is 0 Å². The first-order valence-corrected chi connectivity index (χ1v) is 6.08. The third-order valence-electron chi connectivity index (χ3n) is 3.02. The molecule has 7 heteroatoms. The molecule has 0 radical (unpaired) electrons. The molecule has 0 aliphatic carbocycles. The Morgan fingerprint density at radius 3 is 2.48 bits per heavy atom. The monoisotopic (exact) mass is 300 g/mol. The normalized spacial score (nSPS) is 37.5. The van der Waals surface area contributed by atoms with Crippen LogP contribution in [0.3, 0.4) is 0 Å². The summed E-state index contributed by atoms with van der Waals surface area (Å²) in [6, 6.07) is -1.69. The molecule has 1 aromatic carbocycles. The summed E-state index contributed by atoms with van der Waals surface area (Å²) in [7, 11) is 0. The summed E-state index contributed by atoms with van der Waals surface area (Å²) < 4.78 is 48.8. The molecule has 1 aromatic rings. The maximum atomic E-state index is 9.96. The van der Waals surface area contributed by atoms with Crippen molar-refractivity contribution < 1.29 is 36.8 Å². The summed E-state index contributed by atoms with van der Waals surface area (Å²) in [5.74, 6) is 0. The van der Waals surface area contributed by atoms with Crippen molar-refractivity contribution in [3.63, 3.8) is 0 Å². The summed E-state index contributed by atoms with van der Waals surface area (Å²) in [6.45, 7) is -0.712. The number of aliphatic hydroxyl groups is 4. The van der Waals surface area contributed by atoms with Gasteiger partial charge in [0, 0.05) is 0 Å². The summed E-state index contributed by atoms with van der Waals surface area (Å²) in [5, 5.41) is 47.9. The van der Waals surface area contributed by atoms with Gasteiger partial charge < -0.3 is 29.9 Å². The molecular formula is C14H17NO6. The smallest absolute Gasteiger partial charge is 0.188 e. The van der Waals surface area contributed by atoms with Gasteiger partial charge >= 0.3 is 0 Å². The van der Waals surface area contributed by atoms with E-state index in [1.807, 2.05) is 0 Å². The fourth-order valence-corrected chi connectivity index (χ4v) is 1.87. The quantitative estimate of drug-likeness (QED) is 0.566. The third-order valence-corrected chi connectivity index (χ3v) is 3.02. The molecule has 0 spiro atoms. The van der Waals surface area contributed by atoms with Gasteiger partial charge in [0.25, 0.3) is 0 Å². The maximum Gasteiger partial charge on any atom is 0.188 e. The summed E-state index contributed by atoms with van der Waals surface area (Å²) in [4.78, 5) is 0. The lowest BCUT2D eigenvalue weighted by Gasteiger charge is -2.40.